The number of primary amides is 1. The number of urea groups is 1. The molecule has 0 saturated heterocycles. The summed E-state index contributed by atoms with van der Waals surface area (Å²) in [7, 11) is 0. The maximum Gasteiger partial charge on any atom is 0.326 e. The minimum absolute atomic E-state index is 0. The van der Waals surface area contributed by atoms with Crippen molar-refractivity contribution in [1.82, 2.24) is 0 Å². The van der Waals surface area contributed by atoms with Gasteiger partial charge in [-0.2, -0.15) is 0 Å². The number of carbonyl (C=O) groups excluding carboxylic acids is 2. The number of rotatable bonds is 2. The van der Waals surface area contributed by atoms with Crippen molar-refractivity contribution in [2.45, 2.75) is 0 Å². The molecule has 2 aromatic carbocycles. The quantitative estimate of drug-likeness (QED) is 0.861. The maximum atomic E-state index is 12.2. The zero-order chi connectivity index (χ0) is 13.0. The van der Waals surface area contributed by atoms with Crippen molar-refractivity contribution in [3.63, 3.8) is 0 Å². The first-order chi connectivity index (χ1) is 8.70. The Morgan fingerprint density at radius 2 is 1.32 bits per heavy atom. The number of nitrogens with two attached hydrogens (primary N) is 1. The van der Waals surface area contributed by atoms with Gasteiger partial charge in [0.15, 0.2) is 0 Å². The summed E-state index contributed by atoms with van der Waals surface area (Å²) in [5, 5.41) is 0. The summed E-state index contributed by atoms with van der Waals surface area (Å²) >= 11 is 0. The standard InChI is InChI=1S/C14H12N2O2.Se/c15-14(18)16(12-9-5-2-6-10-12)13(17)11-7-3-1-4-8-11;/h1-10H,(H2,15,18);. The fourth-order valence-corrected chi connectivity index (χ4v) is 1.63. The summed E-state index contributed by atoms with van der Waals surface area (Å²) in [6.45, 7) is 0. The average Bonchev–Trinajstić information content (AvgIpc) is 2.40. The molecule has 3 amide bonds. The maximum absolute atomic E-state index is 12.2. The van der Waals surface area contributed by atoms with Gasteiger partial charge in [-0.15, -0.1) is 0 Å². The number of benzene rings is 2. The molecule has 0 aromatic heterocycles. The number of amides is 3. The average molecular weight is 319 g/mol. The van der Waals surface area contributed by atoms with Crippen molar-refractivity contribution in [3.8, 4) is 0 Å². The molecule has 0 fully saturated rings. The molecule has 2 rings (SSSR count). The van der Waals surface area contributed by atoms with Crippen LogP contribution in [0.3, 0.4) is 0 Å². The van der Waals surface area contributed by atoms with Crippen LogP contribution in [0, 0.1) is 0 Å². The van der Waals surface area contributed by atoms with Crippen molar-refractivity contribution >= 4 is 34.7 Å². The van der Waals surface area contributed by atoms with Gasteiger partial charge in [0.1, 0.15) is 0 Å². The zero-order valence-corrected chi connectivity index (χ0v) is 11.7. The SMILES string of the molecule is NC(=O)N(C(=O)c1ccccc1)c1ccccc1.[Se]. The van der Waals surface area contributed by atoms with Crippen LogP contribution in [0.5, 0.6) is 0 Å². The Hall–Kier alpha value is -2.10. The van der Waals surface area contributed by atoms with Gasteiger partial charge >= 0.3 is 6.03 Å². The van der Waals surface area contributed by atoms with E-state index in [-0.39, 0.29) is 17.1 Å². The molecule has 96 valence electrons. The number of nitrogens with zero attached hydrogens (tertiary/aromatic N) is 1. The van der Waals surface area contributed by atoms with Crippen LogP contribution in [0.4, 0.5) is 10.5 Å². The van der Waals surface area contributed by atoms with Crippen molar-refractivity contribution in [2.24, 2.45) is 5.73 Å². The van der Waals surface area contributed by atoms with E-state index in [2.05, 4.69) is 0 Å². The first-order valence-corrected chi connectivity index (χ1v) is 5.44. The first-order valence-electron chi connectivity index (χ1n) is 5.44. The topological polar surface area (TPSA) is 63.4 Å². The second-order valence-corrected chi connectivity index (χ2v) is 3.68. The monoisotopic (exact) mass is 320 g/mol. The van der Waals surface area contributed by atoms with Crippen LogP contribution in [0.1, 0.15) is 10.4 Å². The molecule has 2 radical (unpaired) electrons. The first kappa shape index (κ1) is 15.0. The third-order valence-corrected chi connectivity index (χ3v) is 2.46. The smallest absolute Gasteiger partial charge is 0.326 e. The Labute approximate surface area is 121 Å². The van der Waals surface area contributed by atoms with E-state index < -0.39 is 11.9 Å². The third kappa shape index (κ3) is 3.44. The van der Waals surface area contributed by atoms with Gasteiger partial charge in [0.25, 0.3) is 5.91 Å². The Balaban J connectivity index is 0.00000180. The fraction of sp³-hybridized carbons (Fsp3) is 0. The van der Waals surface area contributed by atoms with Crippen molar-refractivity contribution in [1.29, 1.82) is 0 Å². The minimum Gasteiger partial charge on any atom is -0.351 e. The Bertz CT molecular complexity index is 558. The van der Waals surface area contributed by atoms with E-state index in [0.29, 0.717) is 11.3 Å². The molecule has 0 bridgehead atoms. The van der Waals surface area contributed by atoms with Crippen molar-refractivity contribution < 1.29 is 9.59 Å². The van der Waals surface area contributed by atoms with Gasteiger partial charge in [-0.1, -0.05) is 36.4 Å². The van der Waals surface area contributed by atoms with Crippen LogP contribution in [0.25, 0.3) is 0 Å². The molecule has 0 heterocycles. The fourth-order valence-electron chi connectivity index (χ4n) is 1.63. The molecule has 0 atom stereocenters. The minimum atomic E-state index is -0.796. The molecule has 0 aliphatic carbocycles. The second-order valence-electron chi connectivity index (χ2n) is 3.68. The van der Waals surface area contributed by atoms with E-state index in [1.807, 2.05) is 0 Å². The summed E-state index contributed by atoms with van der Waals surface area (Å²) in [6.07, 6.45) is 0. The van der Waals surface area contributed by atoms with Gasteiger partial charge in [0, 0.05) is 22.6 Å². The molecule has 19 heavy (non-hydrogen) atoms. The molecule has 4 nitrogen and oxygen atoms in total. The summed E-state index contributed by atoms with van der Waals surface area (Å²) in [5.74, 6) is -0.436. The van der Waals surface area contributed by atoms with Crippen LogP contribution in [0.15, 0.2) is 60.7 Å². The molecule has 0 spiro atoms. The number of para-hydroxylation sites is 1. The molecule has 0 unspecified atom stereocenters. The second kappa shape index (κ2) is 6.73. The summed E-state index contributed by atoms with van der Waals surface area (Å²) in [6, 6.07) is 16.3. The third-order valence-electron chi connectivity index (χ3n) is 2.46. The number of imide groups is 1. The van der Waals surface area contributed by atoms with Crippen LogP contribution < -0.4 is 10.6 Å². The van der Waals surface area contributed by atoms with Gasteiger partial charge < -0.3 is 5.73 Å². The van der Waals surface area contributed by atoms with E-state index in [0.717, 1.165) is 4.90 Å². The molecule has 2 N–H and O–H groups in total. The largest absolute Gasteiger partial charge is 0.351 e. The van der Waals surface area contributed by atoms with Crippen LogP contribution >= 0.6 is 0 Å². The van der Waals surface area contributed by atoms with Crippen LogP contribution in [0.2, 0.25) is 0 Å². The number of hydrogen-bond donors (Lipinski definition) is 1. The molecule has 5 heteroatoms. The normalized spacial score (nSPS) is 9.26. The number of hydrogen-bond acceptors (Lipinski definition) is 2. The van der Waals surface area contributed by atoms with Crippen molar-refractivity contribution in [3.05, 3.63) is 66.2 Å². The Kier molecular flexibility index (Phi) is 5.30. The number of carbonyl (C=O) groups is 2. The molecule has 2 aromatic rings. The van der Waals surface area contributed by atoms with Gasteiger partial charge in [-0.25, -0.2) is 9.69 Å². The van der Waals surface area contributed by atoms with Gasteiger partial charge in [-0.3, -0.25) is 4.79 Å². The van der Waals surface area contributed by atoms with E-state index >= 15 is 0 Å². The van der Waals surface area contributed by atoms with Crippen LogP contribution in [-0.4, -0.2) is 29.0 Å². The van der Waals surface area contributed by atoms with Crippen molar-refractivity contribution in [2.75, 3.05) is 4.90 Å². The van der Waals surface area contributed by atoms with E-state index in [1.54, 1.807) is 60.7 Å². The van der Waals surface area contributed by atoms with E-state index in [4.69, 9.17) is 5.73 Å². The predicted octanol–water partition coefficient (Wildman–Crippen LogP) is 2.03. The summed E-state index contributed by atoms with van der Waals surface area (Å²) < 4.78 is 0. The van der Waals surface area contributed by atoms with Crippen LogP contribution in [-0.2, 0) is 0 Å². The molecule has 0 aliphatic heterocycles. The van der Waals surface area contributed by atoms with E-state index in [1.165, 1.54) is 0 Å². The predicted molar refractivity (Wildman–Crippen MR) is 75.0 cm³/mol. The Morgan fingerprint density at radius 3 is 1.79 bits per heavy atom. The van der Waals surface area contributed by atoms with Gasteiger partial charge in [-0.05, 0) is 24.3 Å². The van der Waals surface area contributed by atoms with E-state index in [9.17, 15) is 9.59 Å². The van der Waals surface area contributed by atoms with Gasteiger partial charge in [0.05, 0.1) is 5.69 Å². The molecular formula is C14H12N2O2Se. The zero-order valence-electron chi connectivity index (χ0n) is 10.0. The van der Waals surface area contributed by atoms with Gasteiger partial charge in [0.2, 0.25) is 0 Å². The molecule has 0 saturated carbocycles. The summed E-state index contributed by atoms with van der Waals surface area (Å²) in [5.41, 5.74) is 6.15. The molecular weight excluding hydrogens is 307 g/mol. The Morgan fingerprint density at radius 1 is 0.842 bits per heavy atom. The number of anilines is 1. The summed E-state index contributed by atoms with van der Waals surface area (Å²) in [4.78, 5) is 24.6. The molecule has 0 aliphatic rings.